The van der Waals surface area contributed by atoms with Crippen LogP contribution in [-0.4, -0.2) is 32.9 Å². The number of ether oxygens (including phenoxy) is 3. The van der Waals surface area contributed by atoms with Crippen LogP contribution >= 0.6 is 0 Å². The van der Waals surface area contributed by atoms with E-state index in [0.29, 0.717) is 26.1 Å². The van der Waals surface area contributed by atoms with Crippen LogP contribution in [0.15, 0.2) is 42.5 Å². The SMILES string of the molecule is COc1ccc(CCNC(=O)CCNCc2ccc3c(c2)OCO3)cc1. The number of methoxy groups -OCH3 is 1. The van der Waals surface area contributed by atoms with Gasteiger partial charge < -0.3 is 24.8 Å². The second-order valence-electron chi connectivity index (χ2n) is 6.06. The number of benzene rings is 2. The molecule has 0 aliphatic carbocycles. The average Bonchev–Trinajstić information content (AvgIpc) is 3.13. The van der Waals surface area contributed by atoms with E-state index in [1.807, 2.05) is 42.5 Å². The van der Waals surface area contributed by atoms with Crippen LogP contribution < -0.4 is 24.8 Å². The molecule has 0 spiro atoms. The number of hydrogen-bond acceptors (Lipinski definition) is 5. The van der Waals surface area contributed by atoms with Crippen molar-refractivity contribution in [2.24, 2.45) is 0 Å². The summed E-state index contributed by atoms with van der Waals surface area (Å²) in [6.45, 7) is 2.23. The summed E-state index contributed by atoms with van der Waals surface area (Å²) in [7, 11) is 1.65. The average molecular weight is 356 g/mol. The van der Waals surface area contributed by atoms with Crippen LogP contribution in [0.3, 0.4) is 0 Å². The molecule has 0 bridgehead atoms. The summed E-state index contributed by atoms with van der Waals surface area (Å²) in [5, 5.41) is 6.22. The lowest BCUT2D eigenvalue weighted by Crippen LogP contribution is -2.29. The van der Waals surface area contributed by atoms with Crippen LogP contribution in [0, 0.1) is 0 Å². The third kappa shape index (κ3) is 5.13. The number of amides is 1. The molecular weight excluding hydrogens is 332 g/mol. The number of fused-ring (bicyclic) bond motifs is 1. The Kier molecular flexibility index (Phi) is 6.33. The van der Waals surface area contributed by atoms with Crippen molar-refractivity contribution in [2.75, 3.05) is 27.0 Å². The van der Waals surface area contributed by atoms with E-state index in [0.717, 1.165) is 29.2 Å². The second kappa shape index (κ2) is 9.10. The summed E-state index contributed by atoms with van der Waals surface area (Å²) in [4.78, 5) is 11.9. The van der Waals surface area contributed by atoms with Crippen molar-refractivity contribution in [1.29, 1.82) is 0 Å². The van der Waals surface area contributed by atoms with E-state index in [2.05, 4.69) is 10.6 Å². The Labute approximate surface area is 153 Å². The lowest BCUT2D eigenvalue weighted by Gasteiger charge is -2.08. The van der Waals surface area contributed by atoms with Crippen LogP contribution in [0.4, 0.5) is 0 Å². The fraction of sp³-hybridized carbons (Fsp3) is 0.350. The van der Waals surface area contributed by atoms with Crippen LogP contribution in [0.2, 0.25) is 0 Å². The van der Waals surface area contributed by atoms with Gasteiger partial charge in [-0.15, -0.1) is 0 Å². The molecule has 6 heteroatoms. The van der Waals surface area contributed by atoms with Crippen molar-refractivity contribution in [3.63, 3.8) is 0 Å². The molecule has 1 aliphatic heterocycles. The van der Waals surface area contributed by atoms with Gasteiger partial charge in [0.1, 0.15) is 5.75 Å². The molecule has 0 atom stereocenters. The normalized spacial score (nSPS) is 12.0. The molecule has 0 saturated heterocycles. The van der Waals surface area contributed by atoms with E-state index in [1.54, 1.807) is 7.11 Å². The lowest BCUT2D eigenvalue weighted by molar-refractivity contribution is -0.120. The van der Waals surface area contributed by atoms with Crippen molar-refractivity contribution < 1.29 is 19.0 Å². The molecule has 2 aromatic rings. The fourth-order valence-corrected chi connectivity index (χ4v) is 2.71. The molecular formula is C20H24N2O4. The van der Waals surface area contributed by atoms with E-state index in [9.17, 15) is 4.79 Å². The second-order valence-corrected chi connectivity index (χ2v) is 6.06. The maximum atomic E-state index is 11.9. The zero-order valence-electron chi connectivity index (χ0n) is 14.9. The Bertz CT molecular complexity index is 731. The highest BCUT2D eigenvalue weighted by molar-refractivity contribution is 5.76. The van der Waals surface area contributed by atoms with E-state index < -0.39 is 0 Å². The van der Waals surface area contributed by atoms with Crippen molar-refractivity contribution in [3.05, 3.63) is 53.6 Å². The van der Waals surface area contributed by atoms with Gasteiger partial charge in [0.05, 0.1) is 7.11 Å². The summed E-state index contributed by atoms with van der Waals surface area (Å²) >= 11 is 0. The number of carbonyl (C=O) groups is 1. The fourth-order valence-electron chi connectivity index (χ4n) is 2.71. The molecule has 1 amide bonds. The predicted molar refractivity (Wildman–Crippen MR) is 98.6 cm³/mol. The summed E-state index contributed by atoms with van der Waals surface area (Å²) in [6, 6.07) is 13.7. The number of rotatable bonds is 9. The minimum atomic E-state index is 0.0525. The topological polar surface area (TPSA) is 68.8 Å². The first-order valence-electron chi connectivity index (χ1n) is 8.73. The molecule has 2 aromatic carbocycles. The highest BCUT2D eigenvalue weighted by Crippen LogP contribution is 2.32. The van der Waals surface area contributed by atoms with Gasteiger partial charge >= 0.3 is 0 Å². The van der Waals surface area contributed by atoms with Gasteiger partial charge in [-0.1, -0.05) is 18.2 Å². The summed E-state index contributed by atoms with van der Waals surface area (Å²) in [5.41, 5.74) is 2.28. The highest BCUT2D eigenvalue weighted by Gasteiger charge is 2.12. The molecule has 0 unspecified atom stereocenters. The quantitative estimate of drug-likeness (QED) is 0.675. The molecule has 0 aromatic heterocycles. The van der Waals surface area contributed by atoms with Gasteiger partial charge in [-0.3, -0.25) is 4.79 Å². The summed E-state index contributed by atoms with van der Waals surface area (Å²) in [6.07, 6.45) is 1.26. The van der Waals surface area contributed by atoms with Gasteiger partial charge in [-0.2, -0.15) is 0 Å². The first-order chi connectivity index (χ1) is 12.7. The van der Waals surface area contributed by atoms with Gasteiger partial charge in [0.25, 0.3) is 0 Å². The Balaban J connectivity index is 1.29. The molecule has 0 fully saturated rings. The minimum absolute atomic E-state index is 0.0525. The molecule has 0 saturated carbocycles. The van der Waals surface area contributed by atoms with Crippen molar-refractivity contribution >= 4 is 5.91 Å². The van der Waals surface area contributed by atoms with Crippen LogP contribution in [0.25, 0.3) is 0 Å². The third-order valence-corrected chi connectivity index (χ3v) is 4.19. The van der Waals surface area contributed by atoms with Crippen molar-refractivity contribution in [1.82, 2.24) is 10.6 Å². The van der Waals surface area contributed by atoms with Crippen LogP contribution in [0.1, 0.15) is 17.5 Å². The molecule has 6 nitrogen and oxygen atoms in total. The molecule has 1 aliphatic rings. The van der Waals surface area contributed by atoms with Gasteiger partial charge in [0, 0.05) is 26.1 Å². The van der Waals surface area contributed by atoms with Crippen LogP contribution in [-0.2, 0) is 17.8 Å². The first kappa shape index (κ1) is 18.1. The van der Waals surface area contributed by atoms with Gasteiger partial charge in [-0.25, -0.2) is 0 Å². The van der Waals surface area contributed by atoms with Gasteiger partial charge in [-0.05, 0) is 41.8 Å². The van der Waals surface area contributed by atoms with E-state index in [1.165, 1.54) is 5.56 Å². The summed E-state index contributed by atoms with van der Waals surface area (Å²) in [5.74, 6) is 2.45. The van der Waals surface area contributed by atoms with E-state index in [-0.39, 0.29) is 12.7 Å². The molecule has 0 radical (unpaired) electrons. The Morgan fingerprint density at radius 2 is 1.81 bits per heavy atom. The molecule has 26 heavy (non-hydrogen) atoms. The highest BCUT2D eigenvalue weighted by atomic mass is 16.7. The monoisotopic (exact) mass is 356 g/mol. The molecule has 2 N–H and O–H groups in total. The number of carbonyl (C=O) groups excluding carboxylic acids is 1. The number of nitrogens with one attached hydrogen (secondary N) is 2. The zero-order valence-corrected chi connectivity index (χ0v) is 14.9. The van der Waals surface area contributed by atoms with Gasteiger partial charge in [0.2, 0.25) is 12.7 Å². The predicted octanol–water partition coefficient (Wildman–Crippen LogP) is 2.26. The minimum Gasteiger partial charge on any atom is -0.497 e. The summed E-state index contributed by atoms with van der Waals surface area (Å²) < 4.78 is 15.8. The largest absolute Gasteiger partial charge is 0.497 e. The smallest absolute Gasteiger partial charge is 0.231 e. The number of hydrogen-bond donors (Lipinski definition) is 2. The Morgan fingerprint density at radius 1 is 1.04 bits per heavy atom. The Morgan fingerprint density at radius 3 is 2.62 bits per heavy atom. The van der Waals surface area contributed by atoms with E-state index >= 15 is 0 Å². The van der Waals surface area contributed by atoms with E-state index in [4.69, 9.17) is 14.2 Å². The lowest BCUT2D eigenvalue weighted by atomic mass is 10.1. The van der Waals surface area contributed by atoms with Gasteiger partial charge in [0.15, 0.2) is 11.5 Å². The maximum Gasteiger partial charge on any atom is 0.231 e. The molecule has 3 rings (SSSR count). The van der Waals surface area contributed by atoms with Crippen molar-refractivity contribution in [3.8, 4) is 17.2 Å². The molecule has 138 valence electrons. The first-order valence-corrected chi connectivity index (χ1v) is 8.73. The maximum absolute atomic E-state index is 11.9. The zero-order chi connectivity index (χ0) is 18.2. The Hall–Kier alpha value is -2.73. The van der Waals surface area contributed by atoms with Crippen LogP contribution in [0.5, 0.6) is 17.2 Å². The molecule has 1 heterocycles. The third-order valence-electron chi connectivity index (χ3n) is 4.19. The standard InChI is InChI=1S/C20H24N2O4/c1-24-17-5-2-15(3-6-17)8-11-22-20(23)9-10-21-13-16-4-7-18-19(12-16)26-14-25-18/h2-7,12,21H,8-11,13-14H2,1H3,(H,22,23). The van der Waals surface area contributed by atoms with Crippen molar-refractivity contribution in [2.45, 2.75) is 19.4 Å².